The first-order valence-electron chi connectivity index (χ1n) is 7.98. The van der Waals surface area contributed by atoms with E-state index in [0.717, 1.165) is 11.8 Å². The van der Waals surface area contributed by atoms with Gasteiger partial charge in [-0.1, -0.05) is 31.2 Å². The Balaban J connectivity index is 1.71. The Hall–Kier alpha value is -0.820. The summed E-state index contributed by atoms with van der Waals surface area (Å²) in [5, 5.41) is 3.70. The molecule has 3 rings (SSSR count). The van der Waals surface area contributed by atoms with Gasteiger partial charge in [0, 0.05) is 6.54 Å². The summed E-state index contributed by atoms with van der Waals surface area (Å²) >= 11 is 0. The van der Waals surface area contributed by atoms with Gasteiger partial charge in [-0.3, -0.25) is 0 Å². The first-order valence-corrected chi connectivity index (χ1v) is 7.98. The fourth-order valence-corrected chi connectivity index (χ4v) is 4.10. The van der Waals surface area contributed by atoms with Gasteiger partial charge in [0.2, 0.25) is 0 Å². The first-order chi connectivity index (χ1) is 9.22. The summed E-state index contributed by atoms with van der Waals surface area (Å²) in [6, 6.07) is 8.96. The van der Waals surface area contributed by atoms with E-state index in [-0.39, 0.29) is 0 Å². The van der Waals surface area contributed by atoms with Crippen molar-refractivity contribution in [2.45, 2.75) is 46.0 Å². The van der Waals surface area contributed by atoms with Crippen LogP contribution in [-0.4, -0.2) is 13.1 Å². The van der Waals surface area contributed by atoms with E-state index in [4.69, 9.17) is 0 Å². The maximum atomic E-state index is 3.70. The second-order valence-electron chi connectivity index (χ2n) is 6.94. The molecule has 0 saturated heterocycles. The fourth-order valence-electron chi connectivity index (χ4n) is 4.10. The Morgan fingerprint density at radius 2 is 1.95 bits per heavy atom. The van der Waals surface area contributed by atoms with E-state index in [1.807, 2.05) is 0 Å². The summed E-state index contributed by atoms with van der Waals surface area (Å²) in [6.45, 7) is 6.92. The average molecular weight is 257 g/mol. The van der Waals surface area contributed by atoms with E-state index in [1.54, 1.807) is 5.56 Å². The number of rotatable bonds is 6. The summed E-state index contributed by atoms with van der Waals surface area (Å²) in [7, 11) is 0. The summed E-state index contributed by atoms with van der Waals surface area (Å²) in [5.41, 5.74) is 3.59. The molecule has 1 aromatic carbocycles. The van der Waals surface area contributed by atoms with E-state index in [2.05, 4.69) is 43.4 Å². The third-order valence-electron chi connectivity index (χ3n) is 5.21. The van der Waals surface area contributed by atoms with E-state index < -0.39 is 0 Å². The summed E-state index contributed by atoms with van der Waals surface area (Å²) in [4.78, 5) is 0. The molecule has 104 valence electrons. The molecule has 0 radical (unpaired) electrons. The fraction of sp³-hybridized carbons (Fsp3) is 0.667. The van der Waals surface area contributed by atoms with Gasteiger partial charge < -0.3 is 5.32 Å². The molecule has 0 amide bonds. The second-order valence-corrected chi connectivity index (χ2v) is 6.94. The topological polar surface area (TPSA) is 12.0 Å². The SMILES string of the molecule is CCCNCC1(Cc2ccccc2C)CC2CC2C1. The molecule has 0 aliphatic heterocycles. The quantitative estimate of drug-likeness (QED) is 0.761. The average Bonchev–Trinajstić information content (AvgIpc) is 3.01. The standard InChI is InChI=1S/C18H27N/c1-3-8-19-13-18(11-16-9-17(16)12-18)10-15-7-5-4-6-14(15)2/h4-7,16-17,19H,3,8-13H2,1-2H3. The smallest absolute Gasteiger partial charge is 0.00112 e. The highest BCUT2D eigenvalue weighted by Crippen LogP contribution is 2.60. The Labute approximate surface area is 117 Å². The number of hydrogen-bond acceptors (Lipinski definition) is 1. The molecule has 2 unspecified atom stereocenters. The number of benzene rings is 1. The van der Waals surface area contributed by atoms with Crippen molar-refractivity contribution >= 4 is 0 Å². The zero-order chi connectivity index (χ0) is 13.3. The zero-order valence-electron chi connectivity index (χ0n) is 12.4. The van der Waals surface area contributed by atoms with Crippen LogP contribution in [0.2, 0.25) is 0 Å². The minimum absolute atomic E-state index is 0.550. The summed E-state index contributed by atoms with van der Waals surface area (Å²) in [6.07, 6.45) is 6.96. The highest BCUT2D eigenvalue weighted by Gasteiger charge is 2.53. The van der Waals surface area contributed by atoms with Gasteiger partial charge in [-0.15, -0.1) is 0 Å². The Kier molecular flexibility index (Phi) is 3.66. The molecular weight excluding hydrogens is 230 g/mol. The van der Waals surface area contributed by atoms with Gasteiger partial charge in [-0.2, -0.15) is 0 Å². The Bertz CT molecular complexity index is 427. The van der Waals surface area contributed by atoms with Crippen molar-refractivity contribution in [3.8, 4) is 0 Å². The lowest BCUT2D eigenvalue weighted by Gasteiger charge is -2.32. The molecule has 2 atom stereocenters. The van der Waals surface area contributed by atoms with Crippen LogP contribution in [0.3, 0.4) is 0 Å². The predicted octanol–water partition coefficient (Wildman–Crippen LogP) is 3.95. The molecule has 1 heteroatoms. The van der Waals surface area contributed by atoms with Crippen LogP contribution >= 0.6 is 0 Å². The molecule has 0 spiro atoms. The maximum Gasteiger partial charge on any atom is 0.00112 e. The number of aryl methyl sites for hydroxylation is 1. The first kappa shape index (κ1) is 13.2. The monoisotopic (exact) mass is 257 g/mol. The van der Waals surface area contributed by atoms with E-state index in [1.165, 1.54) is 50.8 Å². The summed E-state index contributed by atoms with van der Waals surface area (Å²) in [5.74, 6) is 2.12. The number of fused-ring (bicyclic) bond motifs is 1. The largest absolute Gasteiger partial charge is 0.316 e. The van der Waals surface area contributed by atoms with Crippen LogP contribution in [0, 0.1) is 24.2 Å². The zero-order valence-corrected chi connectivity index (χ0v) is 12.4. The van der Waals surface area contributed by atoms with Crippen molar-refractivity contribution in [3.63, 3.8) is 0 Å². The van der Waals surface area contributed by atoms with Gasteiger partial charge in [0.15, 0.2) is 0 Å². The van der Waals surface area contributed by atoms with Crippen LogP contribution in [0.4, 0.5) is 0 Å². The summed E-state index contributed by atoms with van der Waals surface area (Å²) < 4.78 is 0. The van der Waals surface area contributed by atoms with E-state index in [9.17, 15) is 0 Å². The molecule has 2 saturated carbocycles. The van der Waals surface area contributed by atoms with E-state index in [0.29, 0.717) is 5.41 Å². The molecule has 0 heterocycles. The van der Waals surface area contributed by atoms with Crippen LogP contribution in [0.15, 0.2) is 24.3 Å². The van der Waals surface area contributed by atoms with Crippen LogP contribution in [-0.2, 0) is 6.42 Å². The molecule has 1 nitrogen and oxygen atoms in total. The molecule has 1 aromatic rings. The van der Waals surface area contributed by atoms with Gasteiger partial charge in [0.25, 0.3) is 0 Å². The van der Waals surface area contributed by atoms with Crippen molar-refractivity contribution in [1.29, 1.82) is 0 Å². The molecule has 2 aliphatic rings. The van der Waals surface area contributed by atoms with Gasteiger partial charge in [0.1, 0.15) is 0 Å². The molecule has 19 heavy (non-hydrogen) atoms. The lowest BCUT2D eigenvalue weighted by molar-refractivity contribution is 0.248. The lowest BCUT2D eigenvalue weighted by atomic mass is 9.76. The molecule has 2 aliphatic carbocycles. The lowest BCUT2D eigenvalue weighted by Crippen LogP contribution is -2.35. The normalized spacial score (nSPS) is 32.3. The third kappa shape index (κ3) is 2.86. The Morgan fingerprint density at radius 1 is 1.21 bits per heavy atom. The molecule has 0 bridgehead atoms. The maximum absolute atomic E-state index is 3.70. The minimum Gasteiger partial charge on any atom is -0.316 e. The third-order valence-corrected chi connectivity index (χ3v) is 5.21. The molecule has 1 N–H and O–H groups in total. The second kappa shape index (κ2) is 5.28. The Morgan fingerprint density at radius 3 is 2.63 bits per heavy atom. The van der Waals surface area contributed by atoms with Crippen LogP contribution in [0.1, 0.15) is 43.7 Å². The highest BCUT2D eigenvalue weighted by molar-refractivity contribution is 5.27. The molecule has 0 aromatic heterocycles. The van der Waals surface area contributed by atoms with E-state index >= 15 is 0 Å². The highest BCUT2D eigenvalue weighted by atomic mass is 14.9. The van der Waals surface area contributed by atoms with Gasteiger partial charge in [-0.25, -0.2) is 0 Å². The molecular formula is C18H27N. The van der Waals surface area contributed by atoms with Gasteiger partial charge >= 0.3 is 0 Å². The van der Waals surface area contributed by atoms with Crippen molar-refractivity contribution in [2.75, 3.05) is 13.1 Å². The molecule has 2 fully saturated rings. The van der Waals surface area contributed by atoms with Crippen molar-refractivity contribution in [2.24, 2.45) is 17.3 Å². The van der Waals surface area contributed by atoms with Crippen LogP contribution in [0.25, 0.3) is 0 Å². The van der Waals surface area contributed by atoms with Gasteiger partial charge in [-0.05, 0) is 74.0 Å². The van der Waals surface area contributed by atoms with Crippen LogP contribution < -0.4 is 5.32 Å². The van der Waals surface area contributed by atoms with Crippen molar-refractivity contribution in [1.82, 2.24) is 5.32 Å². The van der Waals surface area contributed by atoms with Crippen LogP contribution in [0.5, 0.6) is 0 Å². The minimum atomic E-state index is 0.550. The number of nitrogens with one attached hydrogen (secondary N) is 1. The van der Waals surface area contributed by atoms with Crippen molar-refractivity contribution in [3.05, 3.63) is 35.4 Å². The van der Waals surface area contributed by atoms with Crippen molar-refractivity contribution < 1.29 is 0 Å². The number of hydrogen-bond donors (Lipinski definition) is 1. The predicted molar refractivity (Wildman–Crippen MR) is 81.3 cm³/mol. The van der Waals surface area contributed by atoms with Gasteiger partial charge in [0.05, 0.1) is 0 Å².